The van der Waals surface area contributed by atoms with Crippen molar-refractivity contribution in [3.8, 4) is 22.9 Å². The van der Waals surface area contributed by atoms with Crippen molar-refractivity contribution >= 4 is 23.2 Å². The molecule has 4 heteroatoms. The predicted molar refractivity (Wildman–Crippen MR) is 73.2 cm³/mol. The highest BCUT2D eigenvalue weighted by atomic mass is 35.5. The fraction of sp³-hybridized carbons (Fsp3) is 0.0714. The van der Waals surface area contributed by atoms with E-state index in [1.165, 1.54) is 0 Å². The van der Waals surface area contributed by atoms with Gasteiger partial charge in [-0.1, -0.05) is 23.2 Å². The topological polar surface area (TPSA) is 33.0 Å². The second-order valence-corrected chi connectivity index (χ2v) is 4.56. The predicted octanol–water partition coefficient (Wildman–Crippen LogP) is 4.54. The lowest BCUT2D eigenvalue weighted by Crippen LogP contribution is -1.89. The highest BCUT2D eigenvalue weighted by molar-refractivity contribution is 6.31. The molecule has 0 aliphatic rings. The number of rotatable bonds is 2. The van der Waals surface area contributed by atoms with E-state index in [2.05, 4.69) is 6.07 Å². The second kappa shape index (κ2) is 5.30. The molecule has 0 heterocycles. The van der Waals surface area contributed by atoms with Gasteiger partial charge in [-0.2, -0.15) is 5.26 Å². The van der Waals surface area contributed by atoms with Crippen LogP contribution in [0.3, 0.4) is 0 Å². The van der Waals surface area contributed by atoms with Crippen molar-refractivity contribution in [2.45, 2.75) is 0 Å². The van der Waals surface area contributed by atoms with Crippen molar-refractivity contribution in [2.75, 3.05) is 7.11 Å². The molecule has 0 fully saturated rings. The van der Waals surface area contributed by atoms with Gasteiger partial charge in [0.05, 0.1) is 18.7 Å². The SMILES string of the molecule is COc1ccc(Cl)cc1-c1cc(Cl)cc(C#N)c1. The highest BCUT2D eigenvalue weighted by Gasteiger charge is 2.08. The van der Waals surface area contributed by atoms with E-state index in [9.17, 15) is 0 Å². The number of hydrogen-bond donors (Lipinski definition) is 0. The molecule has 2 rings (SSSR count). The van der Waals surface area contributed by atoms with Gasteiger partial charge < -0.3 is 4.74 Å². The van der Waals surface area contributed by atoms with Gasteiger partial charge in [0, 0.05) is 15.6 Å². The number of benzene rings is 2. The number of nitriles is 1. The summed E-state index contributed by atoms with van der Waals surface area (Å²) in [4.78, 5) is 0. The molecule has 90 valence electrons. The van der Waals surface area contributed by atoms with Gasteiger partial charge in [-0.05, 0) is 42.0 Å². The van der Waals surface area contributed by atoms with Crippen LogP contribution in [0.15, 0.2) is 36.4 Å². The Balaban J connectivity index is 2.65. The van der Waals surface area contributed by atoms with E-state index >= 15 is 0 Å². The van der Waals surface area contributed by atoms with Gasteiger partial charge in [-0.3, -0.25) is 0 Å². The van der Waals surface area contributed by atoms with E-state index in [0.717, 1.165) is 11.1 Å². The molecule has 0 unspecified atom stereocenters. The second-order valence-electron chi connectivity index (χ2n) is 3.68. The average Bonchev–Trinajstić information content (AvgIpc) is 2.38. The van der Waals surface area contributed by atoms with Crippen LogP contribution in [-0.2, 0) is 0 Å². The van der Waals surface area contributed by atoms with Gasteiger partial charge in [-0.25, -0.2) is 0 Å². The maximum atomic E-state index is 8.95. The maximum absolute atomic E-state index is 8.95. The van der Waals surface area contributed by atoms with Crippen molar-refractivity contribution in [1.29, 1.82) is 5.26 Å². The molecule has 0 aromatic heterocycles. The van der Waals surface area contributed by atoms with Crippen molar-refractivity contribution in [1.82, 2.24) is 0 Å². The van der Waals surface area contributed by atoms with Crippen LogP contribution < -0.4 is 4.74 Å². The fourth-order valence-corrected chi connectivity index (χ4v) is 2.12. The molecule has 0 spiro atoms. The first-order valence-electron chi connectivity index (χ1n) is 5.18. The molecule has 0 bridgehead atoms. The van der Waals surface area contributed by atoms with Crippen LogP contribution in [0.25, 0.3) is 11.1 Å². The van der Waals surface area contributed by atoms with Gasteiger partial charge in [0.1, 0.15) is 5.75 Å². The van der Waals surface area contributed by atoms with Gasteiger partial charge in [0.25, 0.3) is 0 Å². The Kier molecular flexibility index (Phi) is 3.76. The molecule has 2 aromatic carbocycles. The summed E-state index contributed by atoms with van der Waals surface area (Å²) < 4.78 is 5.28. The van der Waals surface area contributed by atoms with Crippen LogP contribution in [0.2, 0.25) is 10.0 Å². The zero-order chi connectivity index (χ0) is 13.1. The minimum absolute atomic E-state index is 0.500. The molecular weight excluding hydrogens is 269 g/mol. The van der Waals surface area contributed by atoms with Gasteiger partial charge in [0.2, 0.25) is 0 Å². The monoisotopic (exact) mass is 277 g/mol. The van der Waals surface area contributed by atoms with Crippen LogP contribution in [0.5, 0.6) is 5.75 Å². The Morgan fingerprint density at radius 3 is 2.50 bits per heavy atom. The molecule has 18 heavy (non-hydrogen) atoms. The van der Waals surface area contributed by atoms with E-state index in [4.69, 9.17) is 33.2 Å². The number of hydrogen-bond acceptors (Lipinski definition) is 2. The van der Waals surface area contributed by atoms with Crippen LogP contribution in [0.4, 0.5) is 0 Å². The van der Waals surface area contributed by atoms with Crippen LogP contribution in [-0.4, -0.2) is 7.11 Å². The molecule has 2 nitrogen and oxygen atoms in total. The van der Waals surface area contributed by atoms with Gasteiger partial charge in [-0.15, -0.1) is 0 Å². The molecule has 0 aliphatic carbocycles. The van der Waals surface area contributed by atoms with Crippen molar-refractivity contribution < 1.29 is 4.74 Å². The molecule has 0 amide bonds. The standard InChI is InChI=1S/C14H9Cl2NO/c1-18-14-3-2-11(15)7-13(14)10-4-9(8-17)5-12(16)6-10/h2-7H,1H3. The number of methoxy groups -OCH3 is 1. The number of nitrogens with zero attached hydrogens (tertiary/aromatic N) is 1. The Hall–Kier alpha value is -1.69. The Morgan fingerprint density at radius 2 is 1.83 bits per heavy atom. The maximum Gasteiger partial charge on any atom is 0.126 e. The summed E-state index contributed by atoms with van der Waals surface area (Å²) in [6.45, 7) is 0. The number of ether oxygens (including phenoxy) is 1. The summed E-state index contributed by atoms with van der Waals surface area (Å²) in [5.41, 5.74) is 2.11. The van der Waals surface area contributed by atoms with Gasteiger partial charge >= 0.3 is 0 Å². The van der Waals surface area contributed by atoms with E-state index in [-0.39, 0.29) is 0 Å². The fourth-order valence-electron chi connectivity index (χ4n) is 1.72. The first-order valence-corrected chi connectivity index (χ1v) is 5.94. The molecule has 0 N–H and O–H groups in total. The minimum atomic E-state index is 0.500. The minimum Gasteiger partial charge on any atom is -0.496 e. The normalized spacial score (nSPS) is 9.89. The van der Waals surface area contributed by atoms with E-state index in [1.807, 2.05) is 0 Å². The molecule has 0 saturated carbocycles. The number of halogens is 2. The Morgan fingerprint density at radius 1 is 1.06 bits per heavy atom. The van der Waals surface area contributed by atoms with Crippen molar-refractivity contribution in [2.24, 2.45) is 0 Å². The summed E-state index contributed by atoms with van der Waals surface area (Å²) in [6, 6.07) is 12.5. The molecule has 0 radical (unpaired) electrons. The highest BCUT2D eigenvalue weighted by Crippen LogP contribution is 2.34. The Bertz CT molecular complexity index is 632. The smallest absolute Gasteiger partial charge is 0.126 e. The molecular formula is C14H9Cl2NO. The lowest BCUT2D eigenvalue weighted by molar-refractivity contribution is 0.416. The summed E-state index contributed by atoms with van der Waals surface area (Å²) >= 11 is 12.0. The van der Waals surface area contributed by atoms with Crippen molar-refractivity contribution in [3.05, 3.63) is 52.0 Å². The summed E-state index contributed by atoms with van der Waals surface area (Å²) in [5, 5.41) is 10.1. The zero-order valence-corrected chi connectivity index (χ0v) is 11.1. The van der Waals surface area contributed by atoms with Crippen LogP contribution >= 0.6 is 23.2 Å². The van der Waals surface area contributed by atoms with E-state index < -0.39 is 0 Å². The summed E-state index contributed by atoms with van der Waals surface area (Å²) in [5.74, 6) is 0.686. The third kappa shape index (κ3) is 2.59. The third-order valence-electron chi connectivity index (χ3n) is 2.50. The van der Waals surface area contributed by atoms with Crippen LogP contribution in [0.1, 0.15) is 5.56 Å². The first kappa shape index (κ1) is 12.8. The quantitative estimate of drug-likeness (QED) is 0.807. The Labute approximate surface area is 115 Å². The lowest BCUT2D eigenvalue weighted by atomic mass is 10.0. The summed E-state index contributed by atoms with van der Waals surface area (Å²) in [7, 11) is 1.59. The average molecular weight is 278 g/mol. The molecule has 0 atom stereocenters. The summed E-state index contributed by atoms with van der Waals surface area (Å²) in [6.07, 6.45) is 0. The molecule has 0 saturated heterocycles. The third-order valence-corrected chi connectivity index (χ3v) is 2.95. The van der Waals surface area contributed by atoms with E-state index in [0.29, 0.717) is 21.4 Å². The van der Waals surface area contributed by atoms with Crippen molar-refractivity contribution in [3.63, 3.8) is 0 Å². The van der Waals surface area contributed by atoms with E-state index in [1.54, 1.807) is 43.5 Å². The van der Waals surface area contributed by atoms with Gasteiger partial charge in [0.15, 0.2) is 0 Å². The zero-order valence-electron chi connectivity index (χ0n) is 9.58. The largest absolute Gasteiger partial charge is 0.496 e. The lowest BCUT2D eigenvalue weighted by Gasteiger charge is -2.09. The van der Waals surface area contributed by atoms with Crippen LogP contribution in [0, 0.1) is 11.3 Å². The molecule has 2 aromatic rings. The molecule has 0 aliphatic heterocycles. The first-order chi connectivity index (χ1) is 8.63.